The molecule has 5 nitrogen and oxygen atoms in total. The van der Waals surface area contributed by atoms with Gasteiger partial charge in [-0.3, -0.25) is 9.59 Å². The van der Waals surface area contributed by atoms with Crippen molar-refractivity contribution in [2.24, 2.45) is 39.9 Å². The molecule has 27 heavy (non-hydrogen) atoms. The summed E-state index contributed by atoms with van der Waals surface area (Å²) in [6, 6.07) is 0. The molecule has 0 aromatic rings. The molecule has 3 aliphatic carbocycles. The Hall–Kier alpha value is -1.10. The number of hydrogen-bond acceptors (Lipinski definition) is 5. The summed E-state index contributed by atoms with van der Waals surface area (Å²) in [5.41, 5.74) is 0.916. The number of carbonyl (C=O) groups excluding carboxylic acids is 2. The lowest BCUT2D eigenvalue weighted by molar-refractivity contribution is -0.216. The van der Waals surface area contributed by atoms with Crippen molar-refractivity contribution >= 4 is 11.9 Å². The first-order valence-corrected chi connectivity index (χ1v) is 10.7. The Morgan fingerprint density at radius 2 is 1.93 bits per heavy atom. The second-order valence-corrected chi connectivity index (χ2v) is 10.8. The summed E-state index contributed by atoms with van der Waals surface area (Å²) < 4.78 is 17.0. The smallest absolute Gasteiger partial charge is 0.308 e. The van der Waals surface area contributed by atoms with Crippen molar-refractivity contribution in [2.45, 2.75) is 85.2 Å². The highest BCUT2D eigenvalue weighted by molar-refractivity contribution is 5.72. The van der Waals surface area contributed by atoms with Crippen molar-refractivity contribution in [3.63, 3.8) is 0 Å². The van der Waals surface area contributed by atoms with E-state index in [0.717, 1.165) is 12.3 Å². The number of esters is 2. The average molecular weight is 376 g/mol. The quantitative estimate of drug-likeness (QED) is 0.681. The topological polar surface area (TPSA) is 61.8 Å². The predicted molar refractivity (Wildman–Crippen MR) is 97.1 cm³/mol. The van der Waals surface area contributed by atoms with Crippen LogP contribution in [-0.4, -0.2) is 24.5 Å². The SMILES string of the molecule is CC(=O)O[C@H]1O[C@@H]2OC(=O)C[C@@H]2[C@@H]1[C@]1(C)CC[C@H]2C(C)(C)CCC[C@@]23C[C@@H]13. The highest BCUT2D eigenvalue weighted by Gasteiger charge is 2.74. The molecule has 1 spiro atoms. The van der Waals surface area contributed by atoms with E-state index in [-0.39, 0.29) is 29.2 Å². The number of ether oxygens (including phenoxy) is 3. The van der Waals surface area contributed by atoms with E-state index < -0.39 is 12.6 Å². The molecule has 0 aromatic carbocycles. The van der Waals surface area contributed by atoms with Crippen LogP contribution in [0.5, 0.6) is 0 Å². The van der Waals surface area contributed by atoms with Crippen molar-refractivity contribution in [3.8, 4) is 0 Å². The van der Waals surface area contributed by atoms with Crippen LogP contribution in [0.3, 0.4) is 0 Å². The van der Waals surface area contributed by atoms with E-state index in [9.17, 15) is 9.59 Å². The van der Waals surface area contributed by atoms with Crippen LogP contribution in [0.4, 0.5) is 0 Å². The fourth-order valence-corrected chi connectivity index (χ4v) is 8.04. The van der Waals surface area contributed by atoms with Crippen LogP contribution in [0.1, 0.15) is 72.6 Å². The van der Waals surface area contributed by atoms with Gasteiger partial charge in [-0.1, -0.05) is 27.2 Å². The van der Waals surface area contributed by atoms with Gasteiger partial charge in [0.15, 0.2) is 0 Å². The molecule has 0 unspecified atom stereocenters. The van der Waals surface area contributed by atoms with Crippen LogP contribution >= 0.6 is 0 Å². The lowest BCUT2D eigenvalue weighted by Crippen LogP contribution is -2.49. The third kappa shape index (κ3) is 2.39. The van der Waals surface area contributed by atoms with E-state index in [4.69, 9.17) is 14.2 Å². The summed E-state index contributed by atoms with van der Waals surface area (Å²) in [5.74, 6) is 0.995. The van der Waals surface area contributed by atoms with Crippen molar-refractivity contribution in [2.75, 3.05) is 0 Å². The van der Waals surface area contributed by atoms with Gasteiger partial charge in [-0.05, 0) is 60.2 Å². The van der Waals surface area contributed by atoms with E-state index in [1.54, 1.807) is 0 Å². The molecule has 0 aromatic heterocycles. The monoisotopic (exact) mass is 376 g/mol. The number of rotatable bonds is 2. The number of fused-ring (bicyclic) bond motifs is 1. The third-order valence-corrected chi connectivity index (χ3v) is 9.05. The van der Waals surface area contributed by atoms with Crippen LogP contribution in [0.15, 0.2) is 0 Å². The van der Waals surface area contributed by atoms with Crippen molar-refractivity contribution in [3.05, 3.63) is 0 Å². The molecular formula is C22H32O5. The Labute approximate surface area is 161 Å². The predicted octanol–water partition coefficient (Wildman–Crippen LogP) is 4.04. The van der Waals surface area contributed by atoms with Gasteiger partial charge in [0.1, 0.15) is 0 Å². The molecule has 3 saturated carbocycles. The molecule has 0 N–H and O–H groups in total. The molecule has 8 atom stereocenters. The minimum atomic E-state index is -0.582. The van der Waals surface area contributed by atoms with Gasteiger partial charge in [0.25, 0.3) is 0 Å². The molecule has 5 rings (SSSR count). The Morgan fingerprint density at radius 1 is 1.15 bits per heavy atom. The lowest BCUT2D eigenvalue weighted by atomic mass is 9.51. The van der Waals surface area contributed by atoms with Crippen LogP contribution in [-0.2, 0) is 23.8 Å². The Kier molecular flexibility index (Phi) is 3.65. The van der Waals surface area contributed by atoms with Crippen molar-refractivity contribution in [1.82, 2.24) is 0 Å². The van der Waals surface area contributed by atoms with E-state index >= 15 is 0 Å². The molecule has 2 heterocycles. The molecule has 5 fully saturated rings. The van der Waals surface area contributed by atoms with Gasteiger partial charge in [0.2, 0.25) is 12.6 Å². The maximum Gasteiger partial charge on any atom is 0.308 e. The molecular weight excluding hydrogens is 344 g/mol. The summed E-state index contributed by atoms with van der Waals surface area (Å²) in [4.78, 5) is 23.6. The van der Waals surface area contributed by atoms with E-state index in [0.29, 0.717) is 23.2 Å². The normalized spacial score (nSPS) is 52.4. The first kappa shape index (κ1) is 18.0. The van der Waals surface area contributed by atoms with Gasteiger partial charge < -0.3 is 14.2 Å². The molecule has 0 radical (unpaired) electrons. The molecule has 2 aliphatic heterocycles. The highest BCUT2D eigenvalue weighted by Crippen LogP contribution is 2.79. The largest absolute Gasteiger partial charge is 0.435 e. The van der Waals surface area contributed by atoms with Crippen molar-refractivity contribution < 1.29 is 23.8 Å². The summed E-state index contributed by atoms with van der Waals surface area (Å²) >= 11 is 0. The van der Waals surface area contributed by atoms with Crippen molar-refractivity contribution in [1.29, 1.82) is 0 Å². The first-order chi connectivity index (χ1) is 12.7. The molecule has 150 valence electrons. The average Bonchev–Trinajstić information content (AvgIpc) is 3.05. The Bertz CT molecular complexity index is 686. The maximum absolute atomic E-state index is 11.9. The van der Waals surface area contributed by atoms with E-state index in [1.807, 2.05) is 0 Å². The lowest BCUT2D eigenvalue weighted by Gasteiger charge is -2.54. The first-order valence-electron chi connectivity index (χ1n) is 10.7. The number of carbonyl (C=O) groups is 2. The third-order valence-electron chi connectivity index (χ3n) is 9.05. The molecule has 0 bridgehead atoms. The summed E-state index contributed by atoms with van der Waals surface area (Å²) in [7, 11) is 0. The van der Waals surface area contributed by atoms with Crippen LogP contribution in [0, 0.1) is 39.9 Å². The summed E-state index contributed by atoms with van der Waals surface area (Å²) in [6.07, 6.45) is 6.88. The van der Waals surface area contributed by atoms with Gasteiger partial charge in [-0.25, -0.2) is 0 Å². The minimum absolute atomic E-state index is 0.0117. The second-order valence-electron chi connectivity index (χ2n) is 10.8. The fourth-order valence-electron chi connectivity index (χ4n) is 8.04. The van der Waals surface area contributed by atoms with Gasteiger partial charge in [0.05, 0.1) is 6.42 Å². The van der Waals surface area contributed by atoms with Gasteiger partial charge in [-0.2, -0.15) is 0 Å². The van der Waals surface area contributed by atoms with Gasteiger partial charge in [0, 0.05) is 18.8 Å². The van der Waals surface area contributed by atoms with Crippen LogP contribution < -0.4 is 0 Å². The summed E-state index contributed by atoms with van der Waals surface area (Å²) in [6.45, 7) is 8.72. The number of hydrogen-bond donors (Lipinski definition) is 0. The fraction of sp³-hybridized carbons (Fsp3) is 0.909. The van der Waals surface area contributed by atoms with E-state index in [2.05, 4.69) is 20.8 Å². The molecule has 0 amide bonds. The zero-order valence-electron chi connectivity index (χ0n) is 17.0. The Balaban J connectivity index is 1.47. The minimum Gasteiger partial charge on any atom is -0.435 e. The molecule has 5 aliphatic rings. The molecule has 5 heteroatoms. The Morgan fingerprint density at radius 3 is 2.67 bits per heavy atom. The van der Waals surface area contributed by atoms with Crippen LogP contribution in [0.25, 0.3) is 0 Å². The maximum atomic E-state index is 11.9. The van der Waals surface area contributed by atoms with Crippen LogP contribution in [0.2, 0.25) is 0 Å². The van der Waals surface area contributed by atoms with Gasteiger partial charge in [-0.15, -0.1) is 0 Å². The van der Waals surface area contributed by atoms with E-state index in [1.165, 1.54) is 39.0 Å². The highest BCUT2D eigenvalue weighted by atomic mass is 16.8. The second kappa shape index (κ2) is 5.49. The zero-order valence-corrected chi connectivity index (χ0v) is 17.0. The molecule has 2 saturated heterocycles. The summed E-state index contributed by atoms with van der Waals surface area (Å²) in [5, 5.41) is 0. The van der Waals surface area contributed by atoms with Gasteiger partial charge >= 0.3 is 11.9 Å². The standard InChI is InChI=1S/C22H32O5/c1-12(23)25-19-17(13-10-16(24)26-18(13)27-19)21(4)9-6-14-20(2,3)7-5-8-22(14)11-15(21)22/h13-15,17-19H,5-11H2,1-4H3/t13-,14+,15+,17+,18+,19+,21-,22-/m1/s1. The zero-order chi connectivity index (χ0) is 19.2.